The van der Waals surface area contributed by atoms with E-state index in [2.05, 4.69) is 194 Å². The summed E-state index contributed by atoms with van der Waals surface area (Å²) >= 11 is 0. The Labute approximate surface area is 321 Å². The topological polar surface area (TPSA) is 38.7 Å². The van der Waals surface area contributed by atoms with Crippen molar-refractivity contribution in [3.63, 3.8) is 0 Å². The summed E-state index contributed by atoms with van der Waals surface area (Å²) in [7, 11) is 0. The van der Waals surface area contributed by atoms with Crippen LogP contribution in [0.1, 0.15) is 22.3 Å². The van der Waals surface area contributed by atoms with Crippen molar-refractivity contribution < 1.29 is 0 Å². The van der Waals surface area contributed by atoms with Crippen LogP contribution >= 0.6 is 0 Å². The zero-order chi connectivity index (χ0) is 36.6. The van der Waals surface area contributed by atoms with Crippen molar-refractivity contribution in [2.24, 2.45) is 0 Å². The van der Waals surface area contributed by atoms with E-state index in [0.29, 0.717) is 17.5 Å². The summed E-state index contributed by atoms with van der Waals surface area (Å²) in [5.74, 6) is 1.88. The summed E-state index contributed by atoms with van der Waals surface area (Å²) in [4.78, 5) is 15.9. The third kappa shape index (κ3) is 5.48. The van der Waals surface area contributed by atoms with Gasteiger partial charge in [-0.3, -0.25) is 0 Å². The second-order valence-electron chi connectivity index (χ2n) is 13.9. The lowest BCUT2D eigenvalue weighted by atomic mass is 9.67. The molecule has 3 heteroatoms. The summed E-state index contributed by atoms with van der Waals surface area (Å²) in [6, 6.07) is 75.1. The summed E-state index contributed by atoms with van der Waals surface area (Å²) in [5, 5.41) is 0. The maximum Gasteiger partial charge on any atom is 0.165 e. The first-order valence-electron chi connectivity index (χ1n) is 18.7. The fraction of sp³-hybridized carbons (Fsp3) is 0.0192. The third-order valence-electron chi connectivity index (χ3n) is 10.8. The monoisotopic (exact) mass is 701 g/mol. The molecule has 1 aromatic heterocycles. The molecule has 0 bridgehead atoms. The Bertz CT molecular complexity index is 2690. The molecule has 0 saturated heterocycles. The molecule has 0 amide bonds. The van der Waals surface area contributed by atoms with E-state index >= 15 is 0 Å². The van der Waals surface area contributed by atoms with Gasteiger partial charge in [-0.1, -0.05) is 206 Å². The summed E-state index contributed by atoms with van der Waals surface area (Å²) < 4.78 is 0. The molecule has 0 unspecified atom stereocenters. The number of benzene rings is 8. The Morgan fingerprint density at radius 1 is 0.273 bits per heavy atom. The highest BCUT2D eigenvalue weighted by molar-refractivity contribution is 5.93. The van der Waals surface area contributed by atoms with Crippen LogP contribution in [-0.2, 0) is 5.41 Å². The van der Waals surface area contributed by atoms with Gasteiger partial charge < -0.3 is 0 Å². The van der Waals surface area contributed by atoms with Crippen molar-refractivity contribution in [1.29, 1.82) is 0 Å². The smallest absolute Gasteiger partial charge is 0.165 e. The van der Waals surface area contributed by atoms with Gasteiger partial charge in [-0.05, 0) is 61.7 Å². The highest BCUT2D eigenvalue weighted by atomic mass is 15.0. The molecule has 10 rings (SSSR count). The minimum atomic E-state index is -0.539. The van der Waals surface area contributed by atoms with Gasteiger partial charge in [0, 0.05) is 16.7 Å². The van der Waals surface area contributed by atoms with Crippen LogP contribution in [0.2, 0.25) is 0 Å². The molecule has 0 N–H and O–H groups in total. The van der Waals surface area contributed by atoms with Crippen LogP contribution in [0.25, 0.3) is 67.5 Å². The lowest BCUT2D eigenvalue weighted by Gasteiger charge is -2.34. The summed E-state index contributed by atoms with van der Waals surface area (Å²) in [6.07, 6.45) is 0. The molecule has 8 aromatic carbocycles. The first-order valence-corrected chi connectivity index (χ1v) is 18.7. The van der Waals surface area contributed by atoms with E-state index in [4.69, 9.17) is 15.0 Å². The molecule has 0 fully saturated rings. The van der Waals surface area contributed by atoms with Crippen LogP contribution < -0.4 is 0 Å². The third-order valence-corrected chi connectivity index (χ3v) is 10.8. The number of nitrogens with zero attached hydrogens (tertiary/aromatic N) is 3. The highest BCUT2D eigenvalue weighted by Crippen LogP contribution is 2.56. The van der Waals surface area contributed by atoms with Crippen molar-refractivity contribution in [2.45, 2.75) is 5.41 Å². The zero-order valence-electron chi connectivity index (χ0n) is 30.0. The van der Waals surface area contributed by atoms with Crippen molar-refractivity contribution in [3.05, 3.63) is 235 Å². The average Bonchev–Trinajstić information content (AvgIpc) is 3.58. The molecular formula is C52H35N3. The van der Waals surface area contributed by atoms with Gasteiger partial charge in [0.2, 0.25) is 0 Å². The number of rotatable bonds is 7. The highest BCUT2D eigenvalue weighted by Gasteiger charge is 2.46. The molecule has 1 heterocycles. The van der Waals surface area contributed by atoms with Crippen molar-refractivity contribution in [1.82, 2.24) is 15.0 Å². The fourth-order valence-electron chi connectivity index (χ4n) is 8.43. The van der Waals surface area contributed by atoms with Gasteiger partial charge in [0.15, 0.2) is 17.5 Å². The van der Waals surface area contributed by atoms with Gasteiger partial charge in [-0.15, -0.1) is 0 Å². The predicted molar refractivity (Wildman–Crippen MR) is 224 cm³/mol. The van der Waals surface area contributed by atoms with Crippen LogP contribution in [0.15, 0.2) is 212 Å². The number of fused-ring (bicyclic) bond motifs is 3. The SMILES string of the molecule is c1ccc(-c2nc(-c3ccc4c(c3)C(c3ccccc3)(c3ccccc3)c3ccccc3-4)nc(-c3c(-c4ccccc4)cccc3-c3ccccc3)n2)cc1. The summed E-state index contributed by atoms with van der Waals surface area (Å²) in [6.45, 7) is 0. The molecule has 0 aliphatic heterocycles. The van der Waals surface area contributed by atoms with Gasteiger partial charge in [0.05, 0.1) is 5.41 Å². The maximum atomic E-state index is 5.42. The van der Waals surface area contributed by atoms with Crippen LogP contribution in [0, 0.1) is 0 Å². The minimum Gasteiger partial charge on any atom is -0.208 e. The van der Waals surface area contributed by atoms with E-state index in [1.807, 2.05) is 18.2 Å². The second-order valence-corrected chi connectivity index (χ2v) is 13.9. The first kappa shape index (κ1) is 32.4. The minimum absolute atomic E-state index is 0.539. The Morgan fingerprint density at radius 3 is 1.25 bits per heavy atom. The van der Waals surface area contributed by atoms with Gasteiger partial charge in [0.25, 0.3) is 0 Å². The van der Waals surface area contributed by atoms with Crippen LogP contribution in [0.4, 0.5) is 0 Å². The molecule has 9 aromatic rings. The average molecular weight is 702 g/mol. The fourth-order valence-corrected chi connectivity index (χ4v) is 8.43. The molecule has 1 aliphatic carbocycles. The van der Waals surface area contributed by atoms with E-state index in [-0.39, 0.29) is 0 Å². The number of hydrogen-bond donors (Lipinski definition) is 0. The van der Waals surface area contributed by atoms with Gasteiger partial charge in [-0.2, -0.15) is 0 Å². The lowest BCUT2D eigenvalue weighted by Crippen LogP contribution is -2.28. The quantitative estimate of drug-likeness (QED) is 0.166. The van der Waals surface area contributed by atoms with Gasteiger partial charge in [-0.25, -0.2) is 15.0 Å². The standard InChI is InChI=1S/C52H35N3/c1-6-19-36(20-7-1)42-30-18-31-43(37-21-8-2-9-22-37)48(42)51-54-49(38-23-10-3-11-24-38)53-50(55-51)39-33-34-45-44-29-16-17-32-46(44)52(47(45)35-39,40-25-12-4-13-26-40)41-27-14-5-15-28-41/h1-35H. The maximum absolute atomic E-state index is 5.42. The van der Waals surface area contributed by atoms with Gasteiger partial charge >= 0.3 is 0 Å². The predicted octanol–water partition coefficient (Wildman–Crippen LogP) is 12.6. The van der Waals surface area contributed by atoms with E-state index < -0.39 is 5.41 Å². The molecule has 55 heavy (non-hydrogen) atoms. The zero-order valence-corrected chi connectivity index (χ0v) is 30.0. The van der Waals surface area contributed by atoms with Crippen molar-refractivity contribution in [3.8, 4) is 67.5 Å². The number of hydrogen-bond acceptors (Lipinski definition) is 3. The Balaban J connectivity index is 1.26. The van der Waals surface area contributed by atoms with Crippen LogP contribution in [-0.4, -0.2) is 15.0 Å². The van der Waals surface area contributed by atoms with E-state index in [0.717, 1.165) is 38.9 Å². The Kier molecular flexibility index (Phi) is 8.04. The first-order chi connectivity index (χ1) is 27.3. The molecular weight excluding hydrogens is 667 g/mol. The van der Waals surface area contributed by atoms with E-state index in [1.165, 1.54) is 33.4 Å². The van der Waals surface area contributed by atoms with Crippen LogP contribution in [0.3, 0.4) is 0 Å². The molecule has 1 aliphatic rings. The molecule has 0 atom stereocenters. The second kappa shape index (κ2) is 13.6. The normalized spacial score (nSPS) is 12.5. The van der Waals surface area contributed by atoms with Crippen molar-refractivity contribution >= 4 is 0 Å². The molecule has 0 saturated carbocycles. The Hall–Kier alpha value is -7.23. The van der Waals surface area contributed by atoms with E-state index in [9.17, 15) is 0 Å². The molecule has 258 valence electrons. The van der Waals surface area contributed by atoms with Gasteiger partial charge in [0.1, 0.15) is 0 Å². The molecule has 0 radical (unpaired) electrons. The largest absolute Gasteiger partial charge is 0.208 e. The summed E-state index contributed by atoms with van der Waals surface area (Å²) in [5.41, 5.74) is 14.0. The Morgan fingerprint density at radius 2 is 0.691 bits per heavy atom. The van der Waals surface area contributed by atoms with Crippen LogP contribution in [0.5, 0.6) is 0 Å². The molecule has 0 spiro atoms. The van der Waals surface area contributed by atoms with Crippen molar-refractivity contribution in [2.75, 3.05) is 0 Å². The molecule has 3 nitrogen and oxygen atoms in total. The number of aromatic nitrogens is 3. The lowest BCUT2D eigenvalue weighted by molar-refractivity contribution is 0.768. The van der Waals surface area contributed by atoms with E-state index in [1.54, 1.807) is 0 Å².